The molecule has 0 radical (unpaired) electrons. The summed E-state index contributed by atoms with van der Waals surface area (Å²) < 4.78 is 0. The van der Waals surface area contributed by atoms with Gasteiger partial charge in [0.1, 0.15) is 12.0 Å². The van der Waals surface area contributed by atoms with E-state index in [4.69, 9.17) is 5.73 Å². The van der Waals surface area contributed by atoms with Crippen molar-refractivity contribution in [1.82, 2.24) is 14.9 Å². The molecule has 0 atom stereocenters. The number of nitrogens with two attached hydrogens (primary N) is 1. The molecule has 6 heteroatoms. The fourth-order valence-corrected chi connectivity index (χ4v) is 1.20. The van der Waals surface area contributed by atoms with Crippen LogP contribution in [0.25, 0.3) is 6.20 Å². The molecule has 0 fully saturated rings. The zero-order chi connectivity index (χ0) is 9.26. The molecule has 0 aliphatic carbocycles. The van der Waals surface area contributed by atoms with Gasteiger partial charge in [-0.2, -0.15) is 0 Å². The quantitative estimate of drug-likeness (QED) is 0.527. The third-order valence-corrected chi connectivity index (χ3v) is 1.72. The number of primary amides is 1. The molecule has 0 aromatic carbocycles. The lowest BCUT2D eigenvalue weighted by Crippen LogP contribution is -2.39. The van der Waals surface area contributed by atoms with Crippen molar-refractivity contribution in [2.75, 3.05) is 13.2 Å². The van der Waals surface area contributed by atoms with E-state index in [-0.39, 0.29) is 12.5 Å². The number of H-pyrrole nitrogens is 1. The van der Waals surface area contributed by atoms with Gasteiger partial charge in [0.15, 0.2) is 5.49 Å². The van der Waals surface area contributed by atoms with Gasteiger partial charge in [0, 0.05) is 6.20 Å². The summed E-state index contributed by atoms with van der Waals surface area (Å²) in [6.45, 7) is 0.614. The first kappa shape index (κ1) is 7.78. The minimum atomic E-state index is -0.366. The lowest BCUT2D eigenvalue weighted by molar-refractivity contribution is -0.118. The van der Waals surface area contributed by atoms with Gasteiger partial charge in [0.05, 0.1) is 12.9 Å². The summed E-state index contributed by atoms with van der Waals surface area (Å²) in [5.74, 6) is -0.366. The molecule has 0 saturated carbocycles. The highest BCUT2D eigenvalue weighted by atomic mass is 16.1. The van der Waals surface area contributed by atoms with E-state index in [1.54, 1.807) is 17.4 Å². The van der Waals surface area contributed by atoms with Crippen molar-refractivity contribution in [2.24, 2.45) is 10.7 Å². The summed E-state index contributed by atoms with van der Waals surface area (Å²) in [6.07, 6.45) is 3.36. The monoisotopic (exact) mass is 179 g/mol. The SMILES string of the molecule is NC(=O)CN1C=c2[nH]cnc2=NC1. The van der Waals surface area contributed by atoms with Crippen LogP contribution >= 0.6 is 0 Å². The van der Waals surface area contributed by atoms with Crippen molar-refractivity contribution in [3.05, 3.63) is 17.2 Å². The number of fused-ring (bicyclic) bond motifs is 1. The number of aromatic amines is 1. The Morgan fingerprint density at radius 3 is 3.38 bits per heavy atom. The maximum absolute atomic E-state index is 10.6. The Morgan fingerprint density at radius 2 is 2.62 bits per heavy atom. The van der Waals surface area contributed by atoms with Crippen LogP contribution in [0, 0.1) is 0 Å². The summed E-state index contributed by atoms with van der Waals surface area (Å²) in [4.78, 5) is 23.3. The third kappa shape index (κ3) is 1.51. The summed E-state index contributed by atoms with van der Waals surface area (Å²) in [5.41, 5.74) is 5.73. The zero-order valence-electron chi connectivity index (χ0n) is 6.90. The number of aromatic nitrogens is 2. The molecule has 6 nitrogen and oxygen atoms in total. The average molecular weight is 179 g/mol. The molecular weight excluding hydrogens is 170 g/mol. The Hall–Kier alpha value is -1.85. The fraction of sp³-hybridized carbons (Fsp3) is 0.286. The largest absolute Gasteiger partial charge is 0.368 e. The highest BCUT2D eigenvalue weighted by molar-refractivity contribution is 5.76. The lowest BCUT2D eigenvalue weighted by atomic mass is 10.5. The van der Waals surface area contributed by atoms with Crippen LogP contribution in [0.3, 0.4) is 0 Å². The Labute approximate surface area is 73.8 Å². The number of imidazole rings is 1. The molecule has 3 N–H and O–H groups in total. The van der Waals surface area contributed by atoms with E-state index in [2.05, 4.69) is 15.0 Å². The Morgan fingerprint density at radius 1 is 1.77 bits per heavy atom. The summed E-state index contributed by atoms with van der Waals surface area (Å²) in [6, 6.07) is 0. The van der Waals surface area contributed by atoms with Gasteiger partial charge in [-0.3, -0.25) is 4.79 Å². The van der Waals surface area contributed by atoms with Crippen LogP contribution in [0.1, 0.15) is 0 Å². The van der Waals surface area contributed by atoms with E-state index in [0.717, 1.165) is 5.35 Å². The number of hydrogen-bond acceptors (Lipinski definition) is 4. The normalized spacial score (nSPS) is 14.3. The van der Waals surface area contributed by atoms with Crippen molar-refractivity contribution >= 4 is 12.1 Å². The summed E-state index contributed by atoms with van der Waals surface area (Å²) in [5, 5.41) is 0.813. The highest BCUT2D eigenvalue weighted by Crippen LogP contribution is 1.89. The van der Waals surface area contributed by atoms with Gasteiger partial charge in [0.2, 0.25) is 5.91 Å². The number of amides is 1. The number of nitrogens with one attached hydrogen (secondary N) is 1. The minimum absolute atomic E-state index is 0.182. The number of nitrogens with zero attached hydrogens (tertiary/aromatic N) is 3. The van der Waals surface area contributed by atoms with Crippen LogP contribution in [0.5, 0.6) is 0 Å². The number of rotatable bonds is 2. The number of carbonyl (C=O) groups excluding carboxylic acids is 1. The molecule has 0 spiro atoms. The molecule has 0 bridgehead atoms. The van der Waals surface area contributed by atoms with E-state index in [1.165, 1.54) is 0 Å². The smallest absolute Gasteiger partial charge is 0.236 e. The van der Waals surface area contributed by atoms with Gasteiger partial charge >= 0.3 is 0 Å². The van der Waals surface area contributed by atoms with E-state index >= 15 is 0 Å². The Balaban J connectivity index is 2.28. The van der Waals surface area contributed by atoms with Crippen molar-refractivity contribution in [2.45, 2.75) is 0 Å². The standard InChI is InChI=1S/C7H9N5O/c8-6(13)2-12-1-5-7(11-4-12)10-3-9-5/h1,3H,2,4H2,(H2,8,13)(H,9,10,11). The number of carbonyl (C=O) groups is 1. The molecular formula is C7H9N5O. The molecule has 2 rings (SSSR count). The van der Waals surface area contributed by atoms with Gasteiger partial charge in [0.25, 0.3) is 0 Å². The van der Waals surface area contributed by atoms with Crippen molar-refractivity contribution < 1.29 is 4.79 Å². The summed E-state index contributed by atoms with van der Waals surface area (Å²) in [7, 11) is 0. The molecule has 2 heterocycles. The molecule has 0 saturated heterocycles. The topological polar surface area (TPSA) is 87.4 Å². The Bertz CT molecular complexity index is 434. The van der Waals surface area contributed by atoms with Crippen molar-refractivity contribution in [3.63, 3.8) is 0 Å². The maximum atomic E-state index is 10.6. The highest BCUT2D eigenvalue weighted by Gasteiger charge is 2.06. The average Bonchev–Trinajstić information content (AvgIpc) is 2.49. The van der Waals surface area contributed by atoms with Crippen LogP contribution in [-0.2, 0) is 4.79 Å². The second kappa shape index (κ2) is 2.89. The van der Waals surface area contributed by atoms with Gasteiger partial charge in [-0.05, 0) is 0 Å². The van der Waals surface area contributed by atoms with Crippen molar-refractivity contribution in [3.8, 4) is 0 Å². The maximum Gasteiger partial charge on any atom is 0.236 e. The first-order chi connectivity index (χ1) is 6.25. The predicted octanol–water partition coefficient (Wildman–Crippen LogP) is -2.47. The van der Waals surface area contributed by atoms with E-state index < -0.39 is 0 Å². The fourth-order valence-electron chi connectivity index (χ4n) is 1.20. The minimum Gasteiger partial charge on any atom is -0.368 e. The molecule has 68 valence electrons. The van der Waals surface area contributed by atoms with E-state index in [9.17, 15) is 4.79 Å². The van der Waals surface area contributed by atoms with E-state index in [1.807, 2.05) is 0 Å². The second-order valence-corrected chi connectivity index (χ2v) is 2.78. The van der Waals surface area contributed by atoms with Gasteiger partial charge in [-0.15, -0.1) is 0 Å². The van der Waals surface area contributed by atoms with Crippen LogP contribution in [0.15, 0.2) is 11.3 Å². The molecule has 0 unspecified atom stereocenters. The molecule has 13 heavy (non-hydrogen) atoms. The molecule has 1 aliphatic heterocycles. The lowest BCUT2D eigenvalue weighted by Gasteiger charge is -2.16. The number of hydrogen-bond donors (Lipinski definition) is 2. The van der Waals surface area contributed by atoms with Gasteiger partial charge in [-0.25, -0.2) is 9.98 Å². The first-order valence-electron chi connectivity index (χ1n) is 3.84. The van der Waals surface area contributed by atoms with Gasteiger partial charge in [-0.1, -0.05) is 0 Å². The second-order valence-electron chi connectivity index (χ2n) is 2.78. The third-order valence-electron chi connectivity index (χ3n) is 1.72. The predicted molar refractivity (Wildman–Crippen MR) is 44.6 cm³/mol. The summed E-state index contributed by atoms with van der Waals surface area (Å²) >= 11 is 0. The molecule has 1 aliphatic rings. The van der Waals surface area contributed by atoms with Crippen LogP contribution in [0.4, 0.5) is 0 Å². The zero-order valence-corrected chi connectivity index (χ0v) is 6.90. The van der Waals surface area contributed by atoms with Crippen LogP contribution < -0.4 is 16.6 Å². The molecule has 1 aromatic rings. The van der Waals surface area contributed by atoms with Gasteiger partial charge < -0.3 is 15.6 Å². The molecule has 1 aromatic heterocycles. The first-order valence-corrected chi connectivity index (χ1v) is 3.84. The molecule has 1 amide bonds. The van der Waals surface area contributed by atoms with E-state index in [0.29, 0.717) is 12.2 Å². The Kier molecular flexibility index (Phi) is 1.73. The van der Waals surface area contributed by atoms with Crippen LogP contribution in [-0.4, -0.2) is 34.0 Å². The van der Waals surface area contributed by atoms with Crippen molar-refractivity contribution in [1.29, 1.82) is 0 Å². The van der Waals surface area contributed by atoms with Crippen LogP contribution in [0.2, 0.25) is 0 Å².